The first-order valence-corrected chi connectivity index (χ1v) is 3.72. The van der Waals surface area contributed by atoms with E-state index in [2.05, 4.69) is 4.74 Å². The summed E-state index contributed by atoms with van der Waals surface area (Å²) in [5.41, 5.74) is -1.72. The number of aromatic carboxylic acids is 1. The standard InChI is InChI=1S/C8H6FNO5/c1-15-4-2-5(8(11)12)7(9)6(3-4)10(13)14/h2-3H,1H3,(H,11,12). The van der Waals surface area contributed by atoms with Gasteiger partial charge < -0.3 is 9.84 Å². The zero-order valence-electron chi connectivity index (χ0n) is 7.56. The molecule has 0 amide bonds. The molecule has 1 N–H and O–H groups in total. The fourth-order valence-corrected chi connectivity index (χ4v) is 0.990. The van der Waals surface area contributed by atoms with Gasteiger partial charge in [0.1, 0.15) is 11.3 Å². The number of carboxylic acid groups (broad SMARTS) is 1. The van der Waals surface area contributed by atoms with E-state index in [1.807, 2.05) is 0 Å². The van der Waals surface area contributed by atoms with E-state index >= 15 is 0 Å². The number of hydrogen-bond donors (Lipinski definition) is 1. The fourth-order valence-electron chi connectivity index (χ4n) is 0.990. The molecule has 0 aromatic heterocycles. The Balaban J connectivity index is 3.47. The van der Waals surface area contributed by atoms with Crippen molar-refractivity contribution in [3.8, 4) is 5.75 Å². The second kappa shape index (κ2) is 3.91. The third-order valence-corrected chi connectivity index (χ3v) is 1.69. The lowest BCUT2D eigenvalue weighted by atomic mass is 10.1. The number of methoxy groups -OCH3 is 1. The van der Waals surface area contributed by atoms with Crippen LogP contribution >= 0.6 is 0 Å². The van der Waals surface area contributed by atoms with Gasteiger partial charge in [-0.1, -0.05) is 0 Å². The van der Waals surface area contributed by atoms with Gasteiger partial charge in [0.15, 0.2) is 0 Å². The highest BCUT2D eigenvalue weighted by Crippen LogP contribution is 2.26. The number of nitro groups is 1. The molecule has 7 heteroatoms. The van der Waals surface area contributed by atoms with Crippen LogP contribution in [0.15, 0.2) is 12.1 Å². The summed E-state index contributed by atoms with van der Waals surface area (Å²) in [6.07, 6.45) is 0. The van der Waals surface area contributed by atoms with E-state index in [1.165, 1.54) is 7.11 Å². The summed E-state index contributed by atoms with van der Waals surface area (Å²) in [6.45, 7) is 0. The van der Waals surface area contributed by atoms with Crippen LogP contribution in [0.4, 0.5) is 10.1 Å². The van der Waals surface area contributed by atoms with Crippen LogP contribution in [-0.4, -0.2) is 23.1 Å². The Hall–Kier alpha value is -2.18. The van der Waals surface area contributed by atoms with Gasteiger partial charge >= 0.3 is 11.7 Å². The molecule has 0 spiro atoms. The summed E-state index contributed by atoms with van der Waals surface area (Å²) in [6, 6.07) is 1.70. The number of nitro benzene ring substituents is 1. The van der Waals surface area contributed by atoms with Crippen LogP contribution in [0.1, 0.15) is 10.4 Å². The quantitative estimate of drug-likeness (QED) is 0.608. The normalized spacial score (nSPS) is 9.73. The van der Waals surface area contributed by atoms with Crippen molar-refractivity contribution >= 4 is 11.7 Å². The van der Waals surface area contributed by atoms with E-state index in [1.54, 1.807) is 0 Å². The van der Waals surface area contributed by atoms with Crippen LogP contribution in [0.2, 0.25) is 0 Å². The summed E-state index contributed by atoms with van der Waals surface area (Å²) in [4.78, 5) is 19.9. The summed E-state index contributed by atoms with van der Waals surface area (Å²) in [5.74, 6) is -3.05. The molecule has 0 saturated heterocycles. The summed E-state index contributed by atoms with van der Waals surface area (Å²) in [5, 5.41) is 19.0. The van der Waals surface area contributed by atoms with Crippen LogP contribution in [0, 0.1) is 15.9 Å². The van der Waals surface area contributed by atoms with Gasteiger partial charge in [0.05, 0.1) is 18.1 Å². The van der Waals surface area contributed by atoms with Crippen LogP contribution < -0.4 is 4.74 Å². The van der Waals surface area contributed by atoms with Gasteiger partial charge in [-0.3, -0.25) is 10.1 Å². The van der Waals surface area contributed by atoms with Gasteiger partial charge in [0.2, 0.25) is 5.82 Å². The SMILES string of the molecule is COc1cc(C(=O)O)c(F)c([N+](=O)[O-])c1. The third kappa shape index (κ3) is 2.01. The van der Waals surface area contributed by atoms with Crippen molar-refractivity contribution in [2.24, 2.45) is 0 Å². The largest absolute Gasteiger partial charge is 0.496 e. The van der Waals surface area contributed by atoms with Crippen molar-refractivity contribution < 1.29 is 24.0 Å². The molecular weight excluding hydrogens is 209 g/mol. The van der Waals surface area contributed by atoms with Crippen LogP contribution in [0.5, 0.6) is 5.75 Å². The van der Waals surface area contributed by atoms with E-state index in [0.29, 0.717) is 0 Å². The minimum absolute atomic E-state index is 0.0829. The van der Waals surface area contributed by atoms with Crippen molar-refractivity contribution in [2.45, 2.75) is 0 Å². The number of carbonyl (C=O) groups is 1. The smallest absolute Gasteiger partial charge is 0.339 e. The van der Waals surface area contributed by atoms with Gasteiger partial charge in [0.25, 0.3) is 0 Å². The lowest BCUT2D eigenvalue weighted by molar-refractivity contribution is -0.387. The zero-order valence-corrected chi connectivity index (χ0v) is 7.56. The molecule has 15 heavy (non-hydrogen) atoms. The van der Waals surface area contributed by atoms with E-state index in [4.69, 9.17) is 5.11 Å². The molecule has 0 fully saturated rings. The highest BCUT2D eigenvalue weighted by atomic mass is 19.1. The molecule has 6 nitrogen and oxygen atoms in total. The maximum absolute atomic E-state index is 13.2. The molecular formula is C8H6FNO5. The topological polar surface area (TPSA) is 89.7 Å². The van der Waals surface area contributed by atoms with E-state index in [-0.39, 0.29) is 5.75 Å². The van der Waals surface area contributed by atoms with Crippen molar-refractivity contribution in [1.29, 1.82) is 0 Å². The number of benzene rings is 1. The molecule has 0 heterocycles. The number of carboxylic acids is 1. The predicted molar refractivity (Wildman–Crippen MR) is 46.6 cm³/mol. The maximum Gasteiger partial charge on any atom is 0.339 e. The molecule has 1 aromatic carbocycles. The molecule has 0 bridgehead atoms. The molecule has 0 aliphatic heterocycles. The Kier molecular flexibility index (Phi) is 2.84. The van der Waals surface area contributed by atoms with Crippen LogP contribution in [0.3, 0.4) is 0 Å². The molecule has 1 rings (SSSR count). The van der Waals surface area contributed by atoms with Gasteiger partial charge in [-0.2, -0.15) is 4.39 Å². The lowest BCUT2D eigenvalue weighted by Crippen LogP contribution is -2.04. The van der Waals surface area contributed by atoms with Crippen molar-refractivity contribution in [3.05, 3.63) is 33.6 Å². The minimum Gasteiger partial charge on any atom is -0.496 e. The van der Waals surface area contributed by atoms with E-state index in [0.717, 1.165) is 12.1 Å². The van der Waals surface area contributed by atoms with E-state index < -0.39 is 28.0 Å². The Morgan fingerprint density at radius 2 is 2.20 bits per heavy atom. The number of ether oxygens (including phenoxy) is 1. The minimum atomic E-state index is -1.59. The van der Waals surface area contributed by atoms with Gasteiger partial charge in [-0.25, -0.2) is 4.79 Å². The van der Waals surface area contributed by atoms with E-state index in [9.17, 15) is 19.3 Å². The Morgan fingerprint density at radius 3 is 2.60 bits per heavy atom. The molecule has 0 atom stereocenters. The first-order chi connectivity index (χ1) is 6.97. The molecule has 0 aliphatic rings. The summed E-state index contributed by atoms with van der Waals surface area (Å²) < 4.78 is 17.8. The second-order valence-corrected chi connectivity index (χ2v) is 2.57. The van der Waals surface area contributed by atoms with Gasteiger partial charge in [0, 0.05) is 0 Å². The second-order valence-electron chi connectivity index (χ2n) is 2.57. The highest BCUT2D eigenvalue weighted by Gasteiger charge is 2.23. The number of nitrogens with zero attached hydrogens (tertiary/aromatic N) is 1. The van der Waals surface area contributed by atoms with Crippen molar-refractivity contribution in [2.75, 3.05) is 7.11 Å². The lowest BCUT2D eigenvalue weighted by Gasteiger charge is -2.03. The van der Waals surface area contributed by atoms with Gasteiger partial charge in [-0.15, -0.1) is 0 Å². The monoisotopic (exact) mass is 215 g/mol. The highest BCUT2D eigenvalue weighted by molar-refractivity contribution is 5.89. The Morgan fingerprint density at radius 1 is 1.60 bits per heavy atom. The molecule has 0 unspecified atom stereocenters. The zero-order chi connectivity index (χ0) is 11.6. The number of halogens is 1. The number of rotatable bonds is 3. The first kappa shape index (κ1) is 10.9. The third-order valence-electron chi connectivity index (χ3n) is 1.69. The number of hydrogen-bond acceptors (Lipinski definition) is 4. The summed E-state index contributed by atoms with van der Waals surface area (Å²) in [7, 11) is 1.20. The average molecular weight is 215 g/mol. The predicted octanol–water partition coefficient (Wildman–Crippen LogP) is 1.44. The van der Waals surface area contributed by atoms with Crippen LogP contribution in [-0.2, 0) is 0 Å². The maximum atomic E-state index is 13.2. The first-order valence-electron chi connectivity index (χ1n) is 3.72. The molecule has 0 aliphatic carbocycles. The van der Waals surface area contributed by atoms with Crippen LogP contribution in [0.25, 0.3) is 0 Å². The van der Waals surface area contributed by atoms with Gasteiger partial charge in [-0.05, 0) is 6.07 Å². The Bertz CT molecular complexity index is 396. The van der Waals surface area contributed by atoms with Crippen molar-refractivity contribution in [1.82, 2.24) is 0 Å². The Labute approximate surface area is 83.0 Å². The average Bonchev–Trinajstić information content (AvgIpc) is 2.17. The molecule has 0 radical (unpaired) electrons. The molecule has 0 saturated carbocycles. The van der Waals surface area contributed by atoms with Crippen molar-refractivity contribution in [3.63, 3.8) is 0 Å². The molecule has 1 aromatic rings. The fraction of sp³-hybridized carbons (Fsp3) is 0.125. The molecule has 80 valence electrons. The summed E-state index contributed by atoms with van der Waals surface area (Å²) >= 11 is 0.